The van der Waals surface area contributed by atoms with Crippen molar-refractivity contribution in [1.82, 2.24) is 4.98 Å². The van der Waals surface area contributed by atoms with Gasteiger partial charge in [0, 0.05) is 11.1 Å². The number of anilines is 2. The molecule has 0 fully saturated rings. The Morgan fingerprint density at radius 1 is 1.06 bits per heavy atom. The van der Waals surface area contributed by atoms with E-state index in [0.29, 0.717) is 5.13 Å². The fraction of sp³-hybridized carbons (Fsp3) is 0. The molecular weight excluding hydrogens is 481 g/mol. The van der Waals surface area contributed by atoms with Gasteiger partial charge >= 0.3 is 0 Å². The average molecular weight is 494 g/mol. The van der Waals surface area contributed by atoms with E-state index in [1.807, 2.05) is 22.9 Å². The summed E-state index contributed by atoms with van der Waals surface area (Å²) in [5.41, 5.74) is 0.906. The lowest BCUT2D eigenvalue weighted by atomic mass is 10.2. The highest BCUT2D eigenvalue weighted by molar-refractivity contribution is 7.92. The predicted molar refractivity (Wildman–Crippen MR) is 122 cm³/mol. The van der Waals surface area contributed by atoms with E-state index in [1.54, 1.807) is 0 Å². The van der Waals surface area contributed by atoms with E-state index < -0.39 is 21.7 Å². The molecule has 0 saturated heterocycles. The molecule has 0 unspecified atom stereocenters. The Balaban J connectivity index is 1.55. The van der Waals surface area contributed by atoms with Gasteiger partial charge in [-0.25, -0.2) is 17.8 Å². The van der Waals surface area contributed by atoms with Crippen LogP contribution in [0.1, 0.15) is 10.4 Å². The van der Waals surface area contributed by atoms with Crippen molar-refractivity contribution < 1.29 is 17.6 Å². The van der Waals surface area contributed by atoms with E-state index in [9.17, 15) is 17.6 Å². The molecule has 11 heteroatoms. The van der Waals surface area contributed by atoms with Crippen LogP contribution in [0.4, 0.5) is 15.2 Å². The lowest BCUT2D eigenvalue weighted by Gasteiger charge is -2.10. The van der Waals surface area contributed by atoms with Crippen molar-refractivity contribution in [2.75, 3.05) is 10.0 Å². The molecule has 2 aromatic heterocycles. The zero-order valence-corrected chi connectivity index (χ0v) is 18.7. The van der Waals surface area contributed by atoms with Gasteiger partial charge in [0.25, 0.3) is 15.9 Å². The first-order valence-electron chi connectivity index (χ1n) is 8.70. The summed E-state index contributed by atoms with van der Waals surface area (Å²) in [5.74, 6) is -1.08. The number of hydrogen-bond donors (Lipinski definition) is 2. The highest BCUT2D eigenvalue weighted by Crippen LogP contribution is 2.29. The number of amides is 1. The van der Waals surface area contributed by atoms with Gasteiger partial charge in [-0.2, -0.15) is 0 Å². The van der Waals surface area contributed by atoms with Gasteiger partial charge < -0.3 is 0 Å². The van der Waals surface area contributed by atoms with Crippen LogP contribution in [0.15, 0.2) is 70.3 Å². The molecule has 4 aromatic rings. The molecular formula is C20H13ClFN3O3S3. The van der Waals surface area contributed by atoms with Gasteiger partial charge in [-0.15, -0.1) is 22.7 Å². The Hall–Kier alpha value is -2.79. The number of sulfonamides is 1. The summed E-state index contributed by atoms with van der Waals surface area (Å²) in [6, 6.07) is 12.5. The summed E-state index contributed by atoms with van der Waals surface area (Å²) < 4.78 is 40.7. The van der Waals surface area contributed by atoms with E-state index in [1.165, 1.54) is 53.0 Å². The minimum atomic E-state index is -4.02. The zero-order chi connectivity index (χ0) is 22.0. The van der Waals surface area contributed by atoms with Gasteiger partial charge in [-0.3, -0.25) is 14.8 Å². The van der Waals surface area contributed by atoms with Crippen LogP contribution < -0.4 is 10.0 Å². The maximum absolute atomic E-state index is 13.0. The Kier molecular flexibility index (Phi) is 6.05. The smallest absolute Gasteiger partial charge is 0.261 e. The Labute approximate surface area is 190 Å². The van der Waals surface area contributed by atoms with Gasteiger partial charge in [-0.05, 0) is 53.9 Å². The summed E-state index contributed by atoms with van der Waals surface area (Å²) in [6.07, 6.45) is 0. The lowest BCUT2D eigenvalue weighted by Crippen LogP contribution is -2.16. The second-order valence-electron chi connectivity index (χ2n) is 6.22. The number of hydrogen-bond acceptors (Lipinski definition) is 6. The van der Waals surface area contributed by atoms with Gasteiger partial charge in [-0.1, -0.05) is 17.7 Å². The maximum Gasteiger partial charge on any atom is 0.261 e. The van der Waals surface area contributed by atoms with Crippen molar-refractivity contribution in [3.8, 4) is 10.6 Å². The number of rotatable bonds is 6. The molecule has 0 radical (unpaired) electrons. The van der Waals surface area contributed by atoms with Crippen LogP contribution in [0.3, 0.4) is 0 Å². The molecule has 2 heterocycles. The first-order valence-corrected chi connectivity index (χ1v) is 12.3. The Morgan fingerprint density at radius 2 is 1.84 bits per heavy atom. The SMILES string of the molecule is O=C(Nc1nc(-c2cccs2)cs1)c1cc(S(=O)(=O)Nc2ccc(F)cc2)ccc1Cl. The van der Waals surface area contributed by atoms with Crippen LogP contribution in [0.5, 0.6) is 0 Å². The number of aromatic nitrogens is 1. The lowest BCUT2D eigenvalue weighted by molar-refractivity contribution is 0.102. The molecule has 158 valence electrons. The topological polar surface area (TPSA) is 88.2 Å². The molecule has 0 bridgehead atoms. The molecule has 2 N–H and O–H groups in total. The van der Waals surface area contributed by atoms with E-state index in [4.69, 9.17) is 11.6 Å². The molecule has 0 aliphatic rings. The second-order valence-corrected chi connectivity index (χ2v) is 10.1. The van der Waals surface area contributed by atoms with Crippen LogP contribution in [-0.4, -0.2) is 19.3 Å². The van der Waals surface area contributed by atoms with Crippen LogP contribution in [0.2, 0.25) is 5.02 Å². The maximum atomic E-state index is 13.0. The summed E-state index contributed by atoms with van der Waals surface area (Å²) in [7, 11) is -4.02. The normalized spacial score (nSPS) is 11.3. The Bertz CT molecular complexity index is 1340. The Morgan fingerprint density at radius 3 is 2.55 bits per heavy atom. The predicted octanol–water partition coefficient (Wildman–Crippen LogP) is 5.72. The fourth-order valence-corrected chi connectivity index (χ4v) is 5.36. The molecule has 0 aliphatic heterocycles. The van der Waals surface area contributed by atoms with Gasteiger partial charge in [0.1, 0.15) is 5.82 Å². The minimum absolute atomic E-state index is 0.0171. The molecule has 6 nitrogen and oxygen atoms in total. The second kappa shape index (κ2) is 8.75. The van der Waals surface area contributed by atoms with E-state index >= 15 is 0 Å². The van der Waals surface area contributed by atoms with Crippen molar-refractivity contribution in [3.05, 3.63) is 81.8 Å². The average Bonchev–Trinajstić information content (AvgIpc) is 3.41. The molecule has 0 aliphatic carbocycles. The highest BCUT2D eigenvalue weighted by atomic mass is 35.5. The molecule has 0 spiro atoms. The van der Waals surface area contributed by atoms with Crippen LogP contribution in [0.25, 0.3) is 10.6 Å². The van der Waals surface area contributed by atoms with Crippen LogP contribution >= 0.6 is 34.3 Å². The van der Waals surface area contributed by atoms with Gasteiger partial charge in [0.2, 0.25) is 0 Å². The number of halogens is 2. The first-order chi connectivity index (χ1) is 14.8. The monoisotopic (exact) mass is 493 g/mol. The quantitative estimate of drug-likeness (QED) is 0.359. The number of nitrogens with zero attached hydrogens (tertiary/aromatic N) is 1. The fourth-order valence-electron chi connectivity index (χ4n) is 2.61. The molecule has 1 amide bonds. The van der Waals surface area contributed by atoms with E-state index in [0.717, 1.165) is 22.7 Å². The number of benzene rings is 2. The van der Waals surface area contributed by atoms with Crippen molar-refractivity contribution in [2.24, 2.45) is 0 Å². The number of carbonyl (C=O) groups is 1. The zero-order valence-electron chi connectivity index (χ0n) is 15.5. The number of nitrogens with one attached hydrogen (secondary N) is 2. The summed E-state index contributed by atoms with van der Waals surface area (Å²) in [5, 5.41) is 6.85. The third-order valence-corrected chi connectivity index (χ3v) is 7.45. The number of thiophene rings is 1. The van der Waals surface area contributed by atoms with Crippen molar-refractivity contribution in [3.63, 3.8) is 0 Å². The molecule has 2 aromatic carbocycles. The minimum Gasteiger partial charge on any atom is -0.298 e. The van der Waals surface area contributed by atoms with E-state index in [-0.39, 0.29) is 21.2 Å². The van der Waals surface area contributed by atoms with Crippen molar-refractivity contribution in [2.45, 2.75) is 4.90 Å². The summed E-state index contributed by atoms with van der Waals surface area (Å²) in [4.78, 5) is 17.9. The standard InChI is InChI=1S/C20H13ClFN3O3S3/c21-16-8-7-14(31(27,28)25-13-5-3-12(22)4-6-13)10-15(16)19(26)24-20-23-17(11-30-20)18-2-1-9-29-18/h1-11,25H,(H,23,24,26). The van der Waals surface area contributed by atoms with Crippen LogP contribution in [-0.2, 0) is 10.0 Å². The van der Waals surface area contributed by atoms with Crippen molar-refractivity contribution in [1.29, 1.82) is 0 Å². The molecule has 0 saturated carbocycles. The van der Waals surface area contributed by atoms with Crippen molar-refractivity contribution >= 4 is 61.0 Å². The summed E-state index contributed by atoms with van der Waals surface area (Å²) in [6.45, 7) is 0. The van der Waals surface area contributed by atoms with Crippen LogP contribution in [0, 0.1) is 5.82 Å². The molecule has 4 rings (SSSR count). The van der Waals surface area contributed by atoms with Gasteiger partial charge in [0.15, 0.2) is 5.13 Å². The van der Waals surface area contributed by atoms with E-state index in [2.05, 4.69) is 15.0 Å². The molecule has 0 atom stereocenters. The third kappa shape index (κ3) is 4.93. The van der Waals surface area contributed by atoms with Gasteiger partial charge in [0.05, 0.1) is 26.1 Å². The molecule has 31 heavy (non-hydrogen) atoms. The number of thiazole rings is 1. The largest absolute Gasteiger partial charge is 0.298 e. The first kappa shape index (κ1) is 21.4. The summed E-state index contributed by atoms with van der Waals surface area (Å²) >= 11 is 8.92. The highest BCUT2D eigenvalue weighted by Gasteiger charge is 2.20. The third-order valence-electron chi connectivity index (χ3n) is 4.09. The number of carbonyl (C=O) groups excluding carboxylic acids is 1.